The highest BCUT2D eigenvalue weighted by atomic mass is 19.4. The number of nitrogens with zero attached hydrogens (tertiary/aromatic N) is 3. The number of esters is 1. The Morgan fingerprint density at radius 3 is 2.53 bits per heavy atom. The average Bonchev–Trinajstić information content (AvgIpc) is 2.81. The molecule has 3 aliphatic rings. The Morgan fingerprint density at radius 2 is 1.94 bits per heavy atom. The molecule has 6 atom stereocenters. The van der Waals surface area contributed by atoms with E-state index in [2.05, 4.69) is 29.8 Å². The third-order valence-electron chi connectivity index (χ3n) is 8.64. The van der Waals surface area contributed by atoms with Crippen molar-refractivity contribution in [2.45, 2.75) is 64.8 Å². The van der Waals surface area contributed by atoms with E-state index in [4.69, 9.17) is 4.74 Å². The number of alkyl halides is 3. The Hall–Kier alpha value is -2.13. The number of anilines is 1. The Morgan fingerprint density at radius 1 is 1.25 bits per heavy atom. The molecule has 1 saturated carbocycles. The molecule has 1 aliphatic heterocycles. The summed E-state index contributed by atoms with van der Waals surface area (Å²) < 4.78 is 44.0. The van der Waals surface area contributed by atoms with Crippen LogP contribution in [-0.2, 0) is 15.7 Å². The highest BCUT2D eigenvalue weighted by molar-refractivity contribution is 5.66. The van der Waals surface area contributed by atoms with Gasteiger partial charge in [0.2, 0.25) is 0 Å². The van der Waals surface area contributed by atoms with Crippen LogP contribution in [0, 0.1) is 23.7 Å². The van der Waals surface area contributed by atoms with Crippen LogP contribution < -0.4 is 4.90 Å². The largest absolute Gasteiger partial charge is 0.458 e. The van der Waals surface area contributed by atoms with Crippen LogP contribution in [0.3, 0.4) is 0 Å². The molecule has 9 heteroatoms. The van der Waals surface area contributed by atoms with Crippen LogP contribution in [0.15, 0.2) is 30.0 Å². The van der Waals surface area contributed by atoms with Gasteiger partial charge in [-0.3, -0.25) is 9.69 Å². The number of hydrogen-bond acceptors (Lipinski definition) is 6. The van der Waals surface area contributed by atoms with Crippen LogP contribution >= 0.6 is 0 Å². The summed E-state index contributed by atoms with van der Waals surface area (Å²) in [5, 5.41) is 11.8. The molecule has 1 aromatic rings. The highest BCUT2D eigenvalue weighted by Crippen LogP contribution is 2.51. The van der Waals surface area contributed by atoms with Crippen LogP contribution in [0.4, 0.5) is 19.0 Å². The maximum absolute atomic E-state index is 12.8. The van der Waals surface area contributed by atoms with Crippen molar-refractivity contribution in [1.29, 1.82) is 0 Å². The fourth-order valence-corrected chi connectivity index (χ4v) is 6.44. The summed E-state index contributed by atoms with van der Waals surface area (Å²) in [6.45, 7) is 11.7. The average molecular weight is 510 g/mol. The maximum Gasteiger partial charge on any atom is 0.417 e. The molecule has 0 bridgehead atoms. The van der Waals surface area contributed by atoms with Crippen LogP contribution in [-0.4, -0.2) is 65.4 Å². The normalized spacial score (nSPS) is 32.4. The van der Waals surface area contributed by atoms with Crippen molar-refractivity contribution in [1.82, 2.24) is 9.88 Å². The summed E-state index contributed by atoms with van der Waals surface area (Å²) in [6.07, 6.45) is 0.747. The second-order valence-corrected chi connectivity index (χ2v) is 11.0. The number of carbonyl (C=O) groups is 1. The standard InChI is InChI=1S/C27H38F3N3O3/c1-17-13-23-22(7-5-19(3)26(23,35)14-24(17)36-20(4)34)18(2)16-32-9-11-33(12-10-32)25-8-6-21(15-31-25)27(28,29)30/h6,8,13,15,18-19,22-24,35H,5,7,9-12,14,16H2,1-4H3/t18?,19-,22+,23-,24-,26-/m1/s1. The zero-order chi connectivity index (χ0) is 26.3. The molecular weight excluding hydrogens is 471 g/mol. The fourth-order valence-electron chi connectivity index (χ4n) is 6.44. The van der Waals surface area contributed by atoms with Gasteiger partial charge in [-0.05, 0) is 55.2 Å². The zero-order valence-electron chi connectivity index (χ0n) is 21.6. The lowest BCUT2D eigenvalue weighted by Crippen LogP contribution is -2.56. The molecule has 1 N–H and O–H groups in total. The first-order valence-electron chi connectivity index (χ1n) is 13.0. The van der Waals surface area contributed by atoms with E-state index in [1.807, 2.05) is 11.8 Å². The molecule has 0 spiro atoms. The van der Waals surface area contributed by atoms with Crippen LogP contribution in [0.25, 0.3) is 0 Å². The van der Waals surface area contributed by atoms with Gasteiger partial charge in [0.1, 0.15) is 11.9 Å². The topological polar surface area (TPSA) is 65.9 Å². The second-order valence-electron chi connectivity index (χ2n) is 11.0. The molecule has 1 unspecified atom stereocenters. The van der Waals surface area contributed by atoms with E-state index in [0.717, 1.165) is 50.3 Å². The van der Waals surface area contributed by atoms with Crippen molar-refractivity contribution in [2.75, 3.05) is 37.6 Å². The molecule has 0 aromatic carbocycles. The van der Waals surface area contributed by atoms with Gasteiger partial charge in [0.15, 0.2) is 0 Å². The molecule has 1 saturated heterocycles. The smallest absolute Gasteiger partial charge is 0.417 e. The lowest BCUT2D eigenvalue weighted by Gasteiger charge is -2.53. The predicted octanol–water partition coefficient (Wildman–Crippen LogP) is 4.53. The third-order valence-corrected chi connectivity index (χ3v) is 8.64. The second kappa shape index (κ2) is 10.3. The third kappa shape index (κ3) is 5.57. The molecule has 36 heavy (non-hydrogen) atoms. The van der Waals surface area contributed by atoms with Gasteiger partial charge in [-0.15, -0.1) is 0 Å². The van der Waals surface area contributed by atoms with Crippen LogP contribution in [0.2, 0.25) is 0 Å². The van der Waals surface area contributed by atoms with E-state index in [9.17, 15) is 23.1 Å². The summed E-state index contributed by atoms with van der Waals surface area (Å²) in [5.74, 6) is 1.10. The van der Waals surface area contributed by atoms with Gasteiger partial charge in [0, 0.05) is 58.2 Å². The van der Waals surface area contributed by atoms with Gasteiger partial charge in [-0.1, -0.05) is 19.9 Å². The molecule has 200 valence electrons. The SMILES string of the molecule is CC(=O)O[C@@H]1C[C@@]2(O)[C@H](C)CC[C@@H](C(C)CN3CCN(c4ccc(C(F)(F)F)cn4)CC3)[C@H]2C=C1C. The molecule has 6 nitrogen and oxygen atoms in total. The Kier molecular flexibility index (Phi) is 7.72. The van der Waals surface area contributed by atoms with E-state index in [0.29, 0.717) is 37.2 Å². The van der Waals surface area contributed by atoms with Crippen molar-refractivity contribution in [3.05, 3.63) is 35.5 Å². The van der Waals surface area contributed by atoms with Crippen molar-refractivity contribution in [3.8, 4) is 0 Å². The lowest BCUT2D eigenvalue weighted by molar-refractivity contribution is -0.159. The number of ether oxygens (including phenoxy) is 1. The molecule has 1 aromatic heterocycles. The Labute approximate surface area is 211 Å². The quantitative estimate of drug-likeness (QED) is 0.465. The first kappa shape index (κ1) is 26.9. The summed E-state index contributed by atoms with van der Waals surface area (Å²) >= 11 is 0. The predicted molar refractivity (Wildman–Crippen MR) is 131 cm³/mol. The van der Waals surface area contributed by atoms with Gasteiger partial charge >= 0.3 is 12.1 Å². The summed E-state index contributed by atoms with van der Waals surface area (Å²) in [6, 6.07) is 2.54. The maximum atomic E-state index is 12.8. The monoisotopic (exact) mass is 509 g/mol. The van der Waals surface area contributed by atoms with Gasteiger partial charge < -0.3 is 14.7 Å². The number of aromatic nitrogens is 1. The summed E-state index contributed by atoms with van der Waals surface area (Å²) in [7, 11) is 0. The number of aliphatic hydroxyl groups is 1. The van der Waals surface area contributed by atoms with Gasteiger partial charge in [0.25, 0.3) is 0 Å². The number of carbonyl (C=O) groups excluding carboxylic acids is 1. The van der Waals surface area contributed by atoms with E-state index in [1.54, 1.807) is 0 Å². The molecule has 2 heterocycles. The number of halogens is 3. The van der Waals surface area contributed by atoms with Crippen molar-refractivity contribution >= 4 is 11.8 Å². The van der Waals surface area contributed by atoms with E-state index in [1.165, 1.54) is 13.0 Å². The lowest BCUT2D eigenvalue weighted by atomic mass is 9.57. The number of hydrogen-bond donors (Lipinski definition) is 1. The van der Waals surface area contributed by atoms with Crippen molar-refractivity contribution in [3.63, 3.8) is 0 Å². The Balaban J connectivity index is 1.37. The summed E-state index contributed by atoms with van der Waals surface area (Å²) in [5.41, 5.74) is -0.598. The van der Waals surface area contributed by atoms with Gasteiger partial charge in [-0.2, -0.15) is 13.2 Å². The summed E-state index contributed by atoms with van der Waals surface area (Å²) in [4.78, 5) is 20.1. The minimum atomic E-state index is -4.38. The number of rotatable bonds is 5. The van der Waals surface area contributed by atoms with Crippen LogP contribution in [0.1, 0.15) is 52.5 Å². The molecule has 0 amide bonds. The minimum Gasteiger partial charge on any atom is -0.458 e. The van der Waals surface area contributed by atoms with Crippen molar-refractivity contribution < 1.29 is 27.8 Å². The van der Waals surface area contributed by atoms with Crippen LogP contribution in [0.5, 0.6) is 0 Å². The molecule has 2 aliphatic carbocycles. The minimum absolute atomic E-state index is 0.0284. The van der Waals surface area contributed by atoms with E-state index >= 15 is 0 Å². The first-order chi connectivity index (χ1) is 16.9. The van der Waals surface area contributed by atoms with Gasteiger partial charge in [0.05, 0.1) is 11.2 Å². The number of piperazine rings is 1. The highest BCUT2D eigenvalue weighted by Gasteiger charge is 2.52. The zero-order valence-corrected chi connectivity index (χ0v) is 21.6. The number of pyridine rings is 1. The molecular formula is C27H38F3N3O3. The van der Waals surface area contributed by atoms with Gasteiger partial charge in [-0.25, -0.2) is 4.98 Å². The fraction of sp³-hybridized carbons (Fsp3) is 0.704. The molecule has 4 rings (SSSR count). The first-order valence-corrected chi connectivity index (χ1v) is 13.0. The van der Waals surface area contributed by atoms with E-state index < -0.39 is 17.3 Å². The Bertz CT molecular complexity index is 959. The van der Waals surface area contributed by atoms with Crippen molar-refractivity contribution in [2.24, 2.45) is 23.7 Å². The molecule has 2 fully saturated rings. The number of fused-ring (bicyclic) bond motifs is 1. The molecule has 0 radical (unpaired) electrons. The van der Waals surface area contributed by atoms with E-state index in [-0.39, 0.29) is 23.9 Å².